The molecule has 6 aromatic heterocycles. The molecule has 0 unspecified atom stereocenters. The molecule has 0 aliphatic carbocycles. The Morgan fingerprint density at radius 2 is 0.667 bits per heavy atom. The summed E-state index contributed by atoms with van der Waals surface area (Å²) >= 11 is 8.92. The van der Waals surface area contributed by atoms with E-state index in [0.717, 1.165) is 64.8 Å². The number of thiophene rings is 6. The number of allylic oxidation sites excluding steroid dienone is 4. The van der Waals surface area contributed by atoms with E-state index in [0.29, 0.717) is 4.88 Å². The first-order valence-corrected chi connectivity index (χ1v) is 20.0. The topological polar surface area (TPSA) is 190 Å². The monoisotopic (exact) mass is 798 g/mol. The van der Waals surface area contributed by atoms with Gasteiger partial charge in [0.15, 0.2) is 0 Å². The van der Waals surface area contributed by atoms with Gasteiger partial charge in [0, 0.05) is 59.9 Å². The van der Waals surface area contributed by atoms with Crippen LogP contribution in [0.25, 0.3) is 74.4 Å². The summed E-state index contributed by atoms with van der Waals surface area (Å²) < 4.78 is 0. The molecule has 14 heteroatoms. The van der Waals surface area contributed by atoms with Crippen molar-refractivity contribution in [3.8, 4) is 98.7 Å². The van der Waals surface area contributed by atoms with Gasteiger partial charge in [0.25, 0.3) is 0 Å². The summed E-state index contributed by atoms with van der Waals surface area (Å²) in [6, 6.07) is 34.8. The van der Waals surface area contributed by atoms with Crippen LogP contribution in [0.15, 0.2) is 83.0 Å². The SMILES string of the molecule is N#CC(C#N)=Cc1ccc(-c2ccc(-c3sc(C=C(C#N)C#N)cc3-c3cc(-c4ccc(C=C(C#N)C#N)s4)sc3-c3ccc(C=C(C#N)C#N)s3)s2)s1. The van der Waals surface area contributed by atoms with E-state index >= 15 is 0 Å². The highest BCUT2D eigenvalue weighted by molar-refractivity contribution is 7.28. The minimum absolute atomic E-state index is 0.00137. The molecule has 0 aromatic carbocycles. The number of nitrogens with zero attached hydrogens (tertiary/aromatic N) is 8. The number of hydrogen-bond donors (Lipinski definition) is 0. The van der Waals surface area contributed by atoms with Gasteiger partial charge in [-0.1, -0.05) is 0 Å². The van der Waals surface area contributed by atoms with E-state index in [9.17, 15) is 42.1 Å². The Labute approximate surface area is 333 Å². The maximum absolute atomic E-state index is 9.57. The molecule has 6 aromatic rings. The lowest BCUT2D eigenvalue weighted by Gasteiger charge is -2.03. The summed E-state index contributed by atoms with van der Waals surface area (Å²) in [7, 11) is 0. The Morgan fingerprint density at radius 1 is 0.333 bits per heavy atom. The fraction of sp³-hybridized carbons (Fsp3) is 0. The van der Waals surface area contributed by atoms with Gasteiger partial charge in [-0.25, -0.2) is 0 Å². The first-order chi connectivity index (χ1) is 26.3. The Morgan fingerprint density at radius 3 is 1.17 bits per heavy atom. The van der Waals surface area contributed by atoms with Gasteiger partial charge in [-0.2, -0.15) is 42.1 Å². The van der Waals surface area contributed by atoms with Gasteiger partial charge >= 0.3 is 0 Å². The lowest BCUT2D eigenvalue weighted by molar-refractivity contribution is 1.47. The minimum Gasteiger partial charge on any atom is -0.192 e. The number of nitriles is 8. The molecule has 0 amide bonds. The molecule has 0 spiro atoms. The van der Waals surface area contributed by atoms with E-state index < -0.39 is 0 Å². The van der Waals surface area contributed by atoms with Gasteiger partial charge in [0.1, 0.15) is 70.8 Å². The molecule has 0 atom stereocenters. The van der Waals surface area contributed by atoms with Crippen LogP contribution in [-0.2, 0) is 0 Å². The van der Waals surface area contributed by atoms with Gasteiger partial charge in [-0.15, -0.1) is 68.0 Å². The molecule has 54 heavy (non-hydrogen) atoms. The smallest absolute Gasteiger partial charge is 0.131 e. The van der Waals surface area contributed by atoms with Crippen molar-refractivity contribution in [2.24, 2.45) is 0 Å². The quantitative estimate of drug-likeness (QED) is 0.129. The Hall–Kier alpha value is -6.92. The van der Waals surface area contributed by atoms with Crippen LogP contribution in [0, 0.1) is 90.6 Å². The Balaban J connectivity index is 1.53. The van der Waals surface area contributed by atoms with Crippen molar-refractivity contribution < 1.29 is 0 Å². The van der Waals surface area contributed by atoms with Crippen molar-refractivity contribution in [3.63, 3.8) is 0 Å². The zero-order valence-corrected chi connectivity index (χ0v) is 32.0. The van der Waals surface area contributed by atoms with E-state index in [1.807, 2.05) is 103 Å². The van der Waals surface area contributed by atoms with E-state index in [-0.39, 0.29) is 22.3 Å². The molecule has 0 fully saturated rings. The van der Waals surface area contributed by atoms with E-state index in [1.54, 1.807) is 47.0 Å². The van der Waals surface area contributed by atoms with E-state index in [2.05, 4.69) is 6.07 Å². The van der Waals surface area contributed by atoms with Crippen LogP contribution >= 0.6 is 68.0 Å². The van der Waals surface area contributed by atoms with Crippen molar-refractivity contribution in [1.29, 1.82) is 42.1 Å². The molecule has 0 N–H and O–H groups in total. The van der Waals surface area contributed by atoms with Crippen molar-refractivity contribution in [3.05, 3.63) is 102 Å². The molecule has 0 radical (unpaired) electrons. The minimum atomic E-state index is -0.0329. The fourth-order valence-electron chi connectivity index (χ4n) is 4.96. The first-order valence-electron chi connectivity index (χ1n) is 15.1. The molecule has 0 saturated heterocycles. The lowest BCUT2D eigenvalue weighted by Crippen LogP contribution is -1.77. The first kappa shape index (κ1) is 36.9. The van der Waals surface area contributed by atoms with Gasteiger partial charge < -0.3 is 0 Å². The van der Waals surface area contributed by atoms with Crippen LogP contribution in [0.5, 0.6) is 0 Å². The van der Waals surface area contributed by atoms with Crippen molar-refractivity contribution in [1.82, 2.24) is 0 Å². The molecule has 0 aliphatic heterocycles. The Bertz CT molecular complexity index is 2880. The van der Waals surface area contributed by atoms with Crippen molar-refractivity contribution in [2.45, 2.75) is 0 Å². The molecule has 250 valence electrons. The van der Waals surface area contributed by atoms with Crippen LogP contribution in [0.4, 0.5) is 0 Å². The average Bonchev–Trinajstić information content (AvgIpc) is 4.05. The summed E-state index contributed by atoms with van der Waals surface area (Å²) in [4.78, 5) is 10.5. The predicted octanol–water partition coefficient (Wildman–Crippen LogP) is 12.1. The van der Waals surface area contributed by atoms with E-state index in [4.69, 9.17) is 0 Å². The normalized spacial score (nSPS) is 9.70. The zero-order valence-electron chi connectivity index (χ0n) is 27.1. The molecular weight excluding hydrogens is 785 g/mol. The molecule has 0 bridgehead atoms. The highest BCUT2D eigenvalue weighted by atomic mass is 32.1. The third-order valence-electron chi connectivity index (χ3n) is 7.30. The number of hydrogen-bond acceptors (Lipinski definition) is 14. The molecule has 8 nitrogen and oxygen atoms in total. The highest BCUT2D eigenvalue weighted by Crippen LogP contribution is 2.52. The number of rotatable bonds is 9. The van der Waals surface area contributed by atoms with Crippen LogP contribution in [0.1, 0.15) is 19.5 Å². The lowest BCUT2D eigenvalue weighted by atomic mass is 10.0. The predicted molar refractivity (Wildman–Crippen MR) is 218 cm³/mol. The second kappa shape index (κ2) is 16.6. The summed E-state index contributed by atoms with van der Waals surface area (Å²) in [5.41, 5.74) is 1.75. The Kier molecular flexibility index (Phi) is 11.3. The van der Waals surface area contributed by atoms with Crippen molar-refractivity contribution >= 4 is 92.3 Å². The fourth-order valence-corrected chi connectivity index (χ4v) is 11.5. The summed E-state index contributed by atoms with van der Waals surface area (Å²) in [5, 5.41) is 74.8. The van der Waals surface area contributed by atoms with Gasteiger partial charge in [0.2, 0.25) is 0 Å². The summed E-state index contributed by atoms with van der Waals surface area (Å²) in [6.45, 7) is 0. The largest absolute Gasteiger partial charge is 0.192 e. The second-order valence-electron chi connectivity index (χ2n) is 10.6. The van der Waals surface area contributed by atoms with Crippen LogP contribution < -0.4 is 0 Å². The summed E-state index contributed by atoms with van der Waals surface area (Å²) in [5.74, 6) is 0. The second-order valence-corrected chi connectivity index (χ2v) is 17.2. The van der Waals surface area contributed by atoms with Gasteiger partial charge in [0.05, 0.1) is 9.75 Å². The van der Waals surface area contributed by atoms with Crippen LogP contribution in [0.2, 0.25) is 0 Å². The molecular formula is C40H14N8S6. The van der Waals surface area contributed by atoms with Crippen LogP contribution in [0.3, 0.4) is 0 Å². The van der Waals surface area contributed by atoms with Gasteiger partial charge in [-0.3, -0.25) is 0 Å². The third-order valence-corrected chi connectivity index (χ3v) is 14.5. The maximum Gasteiger partial charge on any atom is 0.131 e. The standard InChI is InChI=1S/C40H14N8S6/c41-15-23(16-42)9-27-1-4-33(49-27)34-7-8-37(53-34)39-31(13-30(52-39)12-26(21-47)22-48)32-14-38(35-5-2-28(50-35)10-24(17-43)18-44)54-40(32)36-6-3-29(51-36)11-25(19-45)20-46/h1-14H. The molecule has 0 saturated carbocycles. The van der Waals surface area contributed by atoms with Gasteiger partial charge in [-0.05, 0) is 85.0 Å². The third kappa shape index (κ3) is 7.93. The summed E-state index contributed by atoms with van der Waals surface area (Å²) in [6.07, 6.45) is 6.22. The molecule has 6 rings (SSSR count). The average molecular weight is 799 g/mol. The van der Waals surface area contributed by atoms with Crippen molar-refractivity contribution in [2.75, 3.05) is 0 Å². The molecule has 6 heterocycles. The maximum atomic E-state index is 9.57. The highest BCUT2D eigenvalue weighted by Gasteiger charge is 2.23. The zero-order chi connectivity index (χ0) is 38.2. The molecule has 0 aliphatic rings. The van der Waals surface area contributed by atoms with Crippen LogP contribution in [-0.4, -0.2) is 0 Å². The van der Waals surface area contributed by atoms with E-state index in [1.165, 1.54) is 45.3 Å².